The third-order valence-corrected chi connectivity index (χ3v) is 6.74. The zero-order valence-corrected chi connectivity index (χ0v) is 19.2. The fourth-order valence-electron chi connectivity index (χ4n) is 3.94. The van der Waals surface area contributed by atoms with Crippen molar-refractivity contribution in [3.8, 4) is 5.69 Å². The topological polar surface area (TPSA) is 76.9 Å². The van der Waals surface area contributed by atoms with Gasteiger partial charge in [0.15, 0.2) is 10.9 Å². The molecule has 1 atom stereocenters. The van der Waals surface area contributed by atoms with E-state index in [1.54, 1.807) is 30.3 Å². The summed E-state index contributed by atoms with van der Waals surface area (Å²) in [5.41, 5.74) is 3.93. The molecule has 170 valence electrons. The normalized spacial score (nSPS) is 14.6. The van der Waals surface area contributed by atoms with E-state index in [4.69, 9.17) is 0 Å². The van der Waals surface area contributed by atoms with Gasteiger partial charge in [-0.3, -0.25) is 14.2 Å². The maximum Gasteiger partial charge on any atom is 0.231 e. The number of halogens is 1. The van der Waals surface area contributed by atoms with Crippen LogP contribution in [0.25, 0.3) is 5.69 Å². The van der Waals surface area contributed by atoms with E-state index in [1.807, 2.05) is 41.8 Å². The van der Waals surface area contributed by atoms with Crippen LogP contribution in [0.5, 0.6) is 0 Å². The van der Waals surface area contributed by atoms with E-state index >= 15 is 0 Å². The van der Waals surface area contributed by atoms with Gasteiger partial charge in [-0.05, 0) is 60.5 Å². The molecule has 8 heteroatoms. The first-order valence-electron chi connectivity index (χ1n) is 10.8. The standard InChI is InChI=1S/C26H21FN4O2S/c1-16-21-14-18(7-12-22(21)28-25(16)33)23(32)15-34-26-30-29-24(13-17-5-3-2-4-6-17)31(26)20-10-8-19(27)9-11-20/h2-12,14,16H,13,15H2,1H3,(H,28,33)/t16-/m0/s1. The molecule has 1 aromatic heterocycles. The number of aromatic nitrogens is 3. The third-order valence-electron chi connectivity index (χ3n) is 5.81. The molecule has 6 nitrogen and oxygen atoms in total. The maximum absolute atomic E-state index is 13.5. The number of amides is 1. The molecule has 0 unspecified atom stereocenters. The maximum atomic E-state index is 13.5. The lowest BCUT2D eigenvalue weighted by Crippen LogP contribution is -2.08. The van der Waals surface area contributed by atoms with Gasteiger partial charge in [0.05, 0.1) is 11.7 Å². The molecule has 1 N–H and O–H groups in total. The minimum absolute atomic E-state index is 0.0627. The fraction of sp³-hybridized carbons (Fsp3) is 0.154. The summed E-state index contributed by atoms with van der Waals surface area (Å²) in [5, 5.41) is 12.1. The number of carbonyl (C=O) groups excluding carboxylic acids is 2. The molecule has 2 heterocycles. The van der Waals surface area contributed by atoms with Crippen LogP contribution in [0.3, 0.4) is 0 Å². The quantitative estimate of drug-likeness (QED) is 0.302. The second-order valence-corrected chi connectivity index (χ2v) is 9.04. The SMILES string of the molecule is C[C@@H]1C(=O)Nc2ccc(C(=O)CSc3nnc(Cc4ccccc4)n3-c3ccc(F)cc3)cc21. The first kappa shape index (κ1) is 22.0. The molecule has 0 saturated carbocycles. The van der Waals surface area contributed by atoms with Gasteiger partial charge in [0.2, 0.25) is 5.91 Å². The Kier molecular flexibility index (Phi) is 5.98. The Hall–Kier alpha value is -3.78. The lowest BCUT2D eigenvalue weighted by molar-refractivity contribution is -0.116. The number of Topliss-reactive ketones (excluding diaryl/α,β-unsaturated/α-hetero) is 1. The zero-order valence-electron chi connectivity index (χ0n) is 18.4. The highest BCUT2D eigenvalue weighted by atomic mass is 32.2. The predicted octanol–water partition coefficient (Wildman–Crippen LogP) is 5.03. The number of carbonyl (C=O) groups is 2. The fourth-order valence-corrected chi connectivity index (χ4v) is 4.81. The van der Waals surface area contributed by atoms with Crippen LogP contribution < -0.4 is 5.32 Å². The summed E-state index contributed by atoms with van der Waals surface area (Å²) in [6.45, 7) is 1.82. The third kappa shape index (κ3) is 4.36. The number of hydrogen-bond donors (Lipinski definition) is 1. The Morgan fingerprint density at radius 2 is 1.82 bits per heavy atom. The van der Waals surface area contributed by atoms with Gasteiger partial charge in [0.1, 0.15) is 11.6 Å². The highest BCUT2D eigenvalue weighted by Crippen LogP contribution is 2.33. The molecular weight excluding hydrogens is 451 g/mol. The second kappa shape index (κ2) is 9.23. The summed E-state index contributed by atoms with van der Waals surface area (Å²) < 4.78 is 15.4. The van der Waals surface area contributed by atoms with Crippen LogP contribution in [0.1, 0.15) is 40.2 Å². The molecule has 0 radical (unpaired) electrons. The Labute approximate surface area is 200 Å². The van der Waals surface area contributed by atoms with Gasteiger partial charge in [-0.2, -0.15) is 0 Å². The molecule has 0 bridgehead atoms. The molecule has 5 rings (SSSR count). The molecule has 1 aliphatic rings. The van der Waals surface area contributed by atoms with Crippen LogP contribution in [-0.4, -0.2) is 32.2 Å². The van der Waals surface area contributed by atoms with E-state index in [1.165, 1.54) is 23.9 Å². The lowest BCUT2D eigenvalue weighted by Gasteiger charge is -2.11. The van der Waals surface area contributed by atoms with Gasteiger partial charge in [0, 0.05) is 23.4 Å². The zero-order chi connectivity index (χ0) is 23.7. The second-order valence-electron chi connectivity index (χ2n) is 8.10. The van der Waals surface area contributed by atoms with E-state index in [0.717, 1.165) is 22.5 Å². The van der Waals surface area contributed by atoms with Crippen LogP contribution in [0.15, 0.2) is 78.0 Å². The first-order valence-corrected chi connectivity index (χ1v) is 11.8. The van der Waals surface area contributed by atoms with E-state index in [0.29, 0.717) is 23.0 Å². The smallest absolute Gasteiger partial charge is 0.231 e. The van der Waals surface area contributed by atoms with Crippen LogP contribution in [-0.2, 0) is 11.2 Å². The van der Waals surface area contributed by atoms with Crippen molar-refractivity contribution in [2.75, 3.05) is 11.1 Å². The number of ketones is 1. The van der Waals surface area contributed by atoms with Crippen molar-refractivity contribution >= 4 is 29.1 Å². The van der Waals surface area contributed by atoms with Gasteiger partial charge in [-0.1, -0.05) is 42.1 Å². The molecule has 4 aromatic rings. The van der Waals surface area contributed by atoms with Crippen LogP contribution in [0.2, 0.25) is 0 Å². The Bertz CT molecular complexity index is 1370. The Balaban J connectivity index is 1.40. The first-order chi connectivity index (χ1) is 16.5. The minimum Gasteiger partial charge on any atom is -0.325 e. The van der Waals surface area contributed by atoms with Gasteiger partial charge in [-0.25, -0.2) is 4.39 Å². The molecule has 1 amide bonds. The van der Waals surface area contributed by atoms with E-state index in [9.17, 15) is 14.0 Å². The van der Waals surface area contributed by atoms with Crippen LogP contribution in [0.4, 0.5) is 10.1 Å². The minimum atomic E-state index is -0.329. The van der Waals surface area contributed by atoms with Gasteiger partial charge < -0.3 is 5.32 Å². The van der Waals surface area contributed by atoms with Crippen molar-refractivity contribution in [1.29, 1.82) is 0 Å². The predicted molar refractivity (Wildman–Crippen MR) is 129 cm³/mol. The monoisotopic (exact) mass is 472 g/mol. The molecule has 0 aliphatic carbocycles. The molecule has 34 heavy (non-hydrogen) atoms. The number of hydrogen-bond acceptors (Lipinski definition) is 5. The van der Waals surface area contributed by atoms with Crippen molar-refractivity contribution in [3.05, 3.63) is 101 Å². The number of nitrogens with zero attached hydrogens (tertiary/aromatic N) is 3. The lowest BCUT2D eigenvalue weighted by atomic mass is 9.99. The van der Waals surface area contributed by atoms with Crippen molar-refractivity contribution in [2.24, 2.45) is 0 Å². The number of rotatable bonds is 7. The summed E-state index contributed by atoms with van der Waals surface area (Å²) in [6.07, 6.45) is 0.545. The highest BCUT2D eigenvalue weighted by Gasteiger charge is 2.27. The average Bonchev–Trinajstić information content (AvgIpc) is 3.38. The summed E-state index contributed by atoms with van der Waals surface area (Å²) in [7, 11) is 0. The van der Waals surface area contributed by atoms with Crippen molar-refractivity contribution in [2.45, 2.75) is 24.4 Å². The van der Waals surface area contributed by atoms with Crippen LogP contribution in [0, 0.1) is 5.82 Å². The van der Waals surface area contributed by atoms with Gasteiger partial charge >= 0.3 is 0 Å². The molecule has 1 aliphatic heterocycles. The van der Waals surface area contributed by atoms with Crippen molar-refractivity contribution in [1.82, 2.24) is 14.8 Å². The molecule has 3 aromatic carbocycles. The molecule has 0 saturated heterocycles. The molecule has 0 spiro atoms. The number of thioether (sulfide) groups is 1. The highest BCUT2D eigenvalue weighted by molar-refractivity contribution is 7.99. The van der Waals surface area contributed by atoms with E-state index < -0.39 is 0 Å². The number of anilines is 1. The van der Waals surface area contributed by atoms with E-state index in [-0.39, 0.29) is 29.2 Å². The summed E-state index contributed by atoms with van der Waals surface area (Å²) in [4.78, 5) is 24.9. The largest absolute Gasteiger partial charge is 0.325 e. The Morgan fingerprint density at radius 1 is 1.06 bits per heavy atom. The number of benzene rings is 3. The summed E-state index contributed by atoms with van der Waals surface area (Å²) in [6, 6.07) is 21.3. The van der Waals surface area contributed by atoms with Crippen molar-refractivity contribution in [3.63, 3.8) is 0 Å². The summed E-state index contributed by atoms with van der Waals surface area (Å²) in [5.74, 6) is 0.106. The van der Waals surface area contributed by atoms with Gasteiger partial charge in [-0.15, -0.1) is 10.2 Å². The number of nitrogens with one attached hydrogen (secondary N) is 1. The molecular formula is C26H21FN4O2S. The Morgan fingerprint density at radius 3 is 2.59 bits per heavy atom. The number of fused-ring (bicyclic) bond motifs is 1. The van der Waals surface area contributed by atoms with E-state index in [2.05, 4.69) is 15.5 Å². The summed E-state index contributed by atoms with van der Waals surface area (Å²) >= 11 is 1.28. The van der Waals surface area contributed by atoms with Crippen molar-refractivity contribution < 1.29 is 14.0 Å². The van der Waals surface area contributed by atoms with Gasteiger partial charge in [0.25, 0.3) is 0 Å². The van der Waals surface area contributed by atoms with Crippen LogP contribution >= 0.6 is 11.8 Å². The molecule has 0 fully saturated rings. The average molecular weight is 473 g/mol.